The van der Waals surface area contributed by atoms with E-state index in [4.69, 9.17) is 0 Å². The molecule has 1 aliphatic heterocycles. The maximum Gasteiger partial charge on any atom is 0.227 e. The van der Waals surface area contributed by atoms with E-state index in [-0.39, 0.29) is 30.2 Å². The van der Waals surface area contributed by atoms with Gasteiger partial charge in [-0.25, -0.2) is 12.7 Å². The first-order chi connectivity index (χ1) is 9.85. The van der Waals surface area contributed by atoms with Crippen molar-refractivity contribution in [1.82, 2.24) is 9.21 Å². The third-order valence-electron chi connectivity index (χ3n) is 4.22. The number of amides is 1. The van der Waals surface area contributed by atoms with Crippen molar-refractivity contribution in [3.05, 3.63) is 0 Å². The summed E-state index contributed by atoms with van der Waals surface area (Å²) in [5.41, 5.74) is 0. The number of piperidine rings is 1. The lowest BCUT2D eigenvalue weighted by Gasteiger charge is -2.34. The Balaban J connectivity index is 2.04. The highest BCUT2D eigenvalue weighted by Gasteiger charge is 2.39. The van der Waals surface area contributed by atoms with E-state index in [1.807, 2.05) is 0 Å². The lowest BCUT2D eigenvalue weighted by atomic mass is 9.98. The van der Waals surface area contributed by atoms with E-state index >= 15 is 0 Å². The Morgan fingerprint density at radius 1 is 1.38 bits per heavy atom. The third-order valence-corrected chi connectivity index (χ3v) is 6.07. The highest BCUT2D eigenvalue weighted by atomic mass is 32.2. The van der Waals surface area contributed by atoms with Gasteiger partial charge in [0.25, 0.3) is 0 Å². The van der Waals surface area contributed by atoms with Crippen molar-refractivity contribution in [2.45, 2.75) is 51.7 Å². The number of aliphatic hydroxyl groups is 1. The maximum absolute atomic E-state index is 12.7. The molecule has 0 radical (unpaired) electrons. The van der Waals surface area contributed by atoms with Gasteiger partial charge in [0.1, 0.15) is 0 Å². The second kappa shape index (κ2) is 6.62. The summed E-state index contributed by atoms with van der Waals surface area (Å²) < 4.78 is 25.4. The molecule has 1 saturated carbocycles. The zero-order valence-corrected chi connectivity index (χ0v) is 13.7. The van der Waals surface area contributed by atoms with E-state index in [1.165, 1.54) is 4.31 Å². The van der Waals surface area contributed by atoms with Gasteiger partial charge in [-0.3, -0.25) is 4.79 Å². The van der Waals surface area contributed by atoms with Crippen molar-refractivity contribution < 1.29 is 18.3 Å². The number of aliphatic hydroxyl groups excluding tert-OH is 1. The Hall–Kier alpha value is -0.660. The highest BCUT2D eigenvalue weighted by molar-refractivity contribution is 7.89. The van der Waals surface area contributed by atoms with Gasteiger partial charge in [-0.05, 0) is 39.5 Å². The third kappa shape index (κ3) is 4.17. The van der Waals surface area contributed by atoms with Gasteiger partial charge < -0.3 is 10.0 Å². The molecule has 2 rings (SSSR count). The molecular formula is C14H26N2O4S. The fraction of sp³-hybridized carbons (Fsp3) is 0.929. The molecule has 0 spiro atoms. The predicted octanol–water partition coefficient (Wildman–Crippen LogP) is 0.420. The Morgan fingerprint density at radius 2 is 2.05 bits per heavy atom. The highest BCUT2D eigenvalue weighted by Crippen LogP contribution is 2.30. The number of carbonyl (C=O) groups excluding carboxylic acids is 1. The average molecular weight is 318 g/mol. The van der Waals surface area contributed by atoms with Crippen molar-refractivity contribution in [1.29, 1.82) is 0 Å². The fourth-order valence-electron chi connectivity index (χ4n) is 2.90. The zero-order chi connectivity index (χ0) is 15.6. The summed E-state index contributed by atoms with van der Waals surface area (Å²) in [5.74, 6) is -0.178. The maximum atomic E-state index is 12.7. The Kier molecular flexibility index (Phi) is 5.27. The molecule has 6 nitrogen and oxygen atoms in total. The lowest BCUT2D eigenvalue weighted by Crippen LogP contribution is -2.49. The second-order valence-electron chi connectivity index (χ2n) is 6.17. The van der Waals surface area contributed by atoms with Gasteiger partial charge in [0, 0.05) is 25.7 Å². The summed E-state index contributed by atoms with van der Waals surface area (Å²) in [7, 11) is -3.23. The molecule has 122 valence electrons. The van der Waals surface area contributed by atoms with Gasteiger partial charge >= 0.3 is 0 Å². The minimum absolute atomic E-state index is 0.00871. The molecule has 1 aliphatic carbocycles. The van der Waals surface area contributed by atoms with Gasteiger partial charge in [-0.2, -0.15) is 0 Å². The molecular weight excluding hydrogens is 292 g/mol. The summed E-state index contributed by atoms with van der Waals surface area (Å²) >= 11 is 0. The molecule has 0 aromatic heterocycles. The molecule has 0 aromatic rings. The van der Waals surface area contributed by atoms with Gasteiger partial charge in [-0.1, -0.05) is 0 Å². The molecule has 2 atom stereocenters. The normalized spacial score (nSPS) is 25.6. The number of hydrogen-bond acceptors (Lipinski definition) is 4. The minimum Gasteiger partial charge on any atom is -0.392 e. The first-order valence-corrected chi connectivity index (χ1v) is 9.42. The lowest BCUT2D eigenvalue weighted by molar-refractivity contribution is -0.138. The standard InChI is InChI=1S/C14H26N2O4S/c1-3-21(19,20)15-8-4-5-12(10-15)14(18)16(9-11(2)17)13-6-7-13/h11-13,17H,3-10H2,1-2H3. The molecule has 1 N–H and O–H groups in total. The van der Waals surface area contributed by atoms with Crippen molar-refractivity contribution >= 4 is 15.9 Å². The van der Waals surface area contributed by atoms with Gasteiger partial charge in [0.2, 0.25) is 15.9 Å². The van der Waals surface area contributed by atoms with Crippen LogP contribution < -0.4 is 0 Å². The Bertz CT molecular complexity index is 473. The molecule has 2 fully saturated rings. The number of hydrogen-bond donors (Lipinski definition) is 1. The summed E-state index contributed by atoms with van der Waals surface area (Å²) in [6, 6.07) is 0.241. The van der Waals surface area contributed by atoms with Crippen LogP contribution >= 0.6 is 0 Å². The molecule has 0 bridgehead atoms. The SMILES string of the molecule is CCS(=O)(=O)N1CCCC(C(=O)N(CC(C)O)C2CC2)C1. The van der Waals surface area contributed by atoms with Gasteiger partial charge in [0.05, 0.1) is 17.8 Å². The first kappa shape index (κ1) is 16.7. The topological polar surface area (TPSA) is 77.9 Å². The van der Waals surface area contributed by atoms with Crippen LogP contribution in [0.4, 0.5) is 0 Å². The first-order valence-electron chi connectivity index (χ1n) is 7.81. The van der Waals surface area contributed by atoms with Crippen LogP contribution in [0.25, 0.3) is 0 Å². The van der Waals surface area contributed by atoms with Crippen LogP contribution in [0.2, 0.25) is 0 Å². The van der Waals surface area contributed by atoms with Crippen molar-refractivity contribution in [2.75, 3.05) is 25.4 Å². The van der Waals surface area contributed by atoms with E-state index in [9.17, 15) is 18.3 Å². The van der Waals surface area contributed by atoms with Crippen molar-refractivity contribution in [2.24, 2.45) is 5.92 Å². The number of nitrogens with zero attached hydrogens (tertiary/aromatic N) is 2. The van der Waals surface area contributed by atoms with Crippen LogP contribution in [0.1, 0.15) is 39.5 Å². The predicted molar refractivity (Wildman–Crippen MR) is 80.2 cm³/mol. The number of carbonyl (C=O) groups is 1. The number of rotatable bonds is 6. The number of sulfonamides is 1. The summed E-state index contributed by atoms with van der Waals surface area (Å²) in [4.78, 5) is 14.4. The second-order valence-corrected chi connectivity index (χ2v) is 8.43. The molecule has 2 aliphatic rings. The monoisotopic (exact) mass is 318 g/mol. The summed E-state index contributed by atoms with van der Waals surface area (Å²) in [5, 5.41) is 9.57. The van der Waals surface area contributed by atoms with Crippen LogP contribution in [-0.2, 0) is 14.8 Å². The largest absolute Gasteiger partial charge is 0.392 e. The molecule has 7 heteroatoms. The van der Waals surface area contributed by atoms with E-state index in [0.717, 1.165) is 25.7 Å². The molecule has 21 heavy (non-hydrogen) atoms. The Morgan fingerprint density at radius 3 is 2.57 bits per heavy atom. The minimum atomic E-state index is -3.23. The quantitative estimate of drug-likeness (QED) is 0.770. The fourth-order valence-corrected chi connectivity index (χ4v) is 4.08. The van der Waals surface area contributed by atoms with Crippen LogP contribution in [0.15, 0.2) is 0 Å². The average Bonchev–Trinajstić information content (AvgIpc) is 3.28. The van der Waals surface area contributed by atoms with Gasteiger partial charge in [0.15, 0.2) is 0 Å². The van der Waals surface area contributed by atoms with Crippen molar-refractivity contribution in [3.63, 3.8) is 0 Å². The smallest absolute Gasteiger partial charge is 0.227 e. The van der Waals surface area contributed by atoms with E-state index in [0.29, 0.717) is 13.1 Å². The summed E-state index contributed by atoms with van der Waals surface area (Å²) in [6.45, 7) is 4.46. The van der Waals surface area contributed by atoms with Crippen LogP contribution in [0.3, 0.4) is 0 Å². The van der Waals surface area contributed by atoms with Crippen molar-refractivity contribution in [3.8, 4) is 0 Å². The van der Waals surface area contributed by atoms with Crippen LogP contribution in [0, 0.1) is 5.92 Å². The van der Waals surface area contributed by atoms with E-state index in [2.05, 4.69) is 0 Å². The summed E-state index contributed by atoms with van der Waals surface area (Å²) in [6.07, 6.45) is 2.89. The Labute approximate surface area is 127 Å². The molecule has 1 heterocycles. The molecule has 1 amide bonds. The molecule has 1 saturated heterocycles. The van der Waals surface area contributed by atoms with Gasteiger partial charge in [-0.15, -0.1) is 0 Å². The molecule has 2 unspecified atom stereocenters. The van der Waals surface area contributed by atoms with Crippen LogP contribution in [-0.4, -0.2) is 66.2 Å². The molecule has 0 aromatic carbocycles. The van der Waals surface area contributed by atoms with E-state index in [1.54, 1.807) is 18.7 Å². The zero-order valence-electron chi connectivity index (χ0n) is 12.9. The van der Waals surface area contributed by atoms with Crippen LogP contribution in [0.5, 0.6) is 0 Å². The van der Waals surface area contributed by atoms with E-state index < -0.39 is 16.1 Å².